The number of carbonyl (C=O) groups is 2. The molecule has 2 aromatic heterocycles. The van der Waals surface area contributed by atoms with Crippen LogP contribution in [0.3, 0.4) is 0 Å². The molecule has 0 aliphatic carbocycles. The number of benzene rings is 2. The van der Waals surface area contributed by atoms with Gasteiger partial charge >= 0.3 is 5.97 Å². The van der Waals surface area contributed by atoms with Crippen molar-refractivity contribution in [3.63, 3.8) is 0 Å². The maximum atomic E-state index is 13.1. The standard InChI is InChI=1S/C30H29N5O3S/c1-4-22-13-21(16-31)12-19(3)28(22)29(36)34-25(30(37)38)14-20-5-7-23(8-6-20)26-15-24(35-39-26)17-33-27-11-18(2)9-10-32-27/h5-13,15,25H,4,14,17H2,1-3H3,(H,32,33)(H,34,36)(H,37,38). The van der Waals surface area contributed by atoms with E-state index in [4.69, 9.17) is 0 Å². The van der Waals surface area contributed by atoms with Gasteiger partial charge in [-0.1, -0.05) is 31.2 Å². The first-order valence-electron chi connectivity index (χ1n) is 12.6. The Labute approximate surface area is 231 Å². The van der Waals surface area contributed by atoms with Crippen molar-refractivity contribution in [3.05, 3.63) is 99.9 Å². The largest absolute Gasteiger partial charge is 0.480 e. The molecule has 1 atom stereocenters. The molecule has 3 N–H and O–H groups in total. The maximum Gasteiger partial charge on any atom is 0.326 e. The van der Waals surface area contributed by atoms with E-state index in [2.05, 4.69) is 26.1 Å². The molecule has 1 unspecified atom stereocenters. The van der Waals surface area contributed by atoms with Crippen LogP contribution in [-0.4, -0.2) is 32.4 Å². The van der Waals surface area contributed by atoms with Crippen molar-refractivity contribution in [2.75, 3.05) is 5.32 Å². The molecule has 0 bridgehead atoms. The van der Waals surface area contributed by atoms with Gasteiger partial charge in [0.05, 0.1) is 28.7 Å². The lowest BCUT2D eigenvalue weighted by Crippen LogP contribution is -2.42. The van der Waals surface area contributed by atoms with E-state index in [0.29, 0.717) is 35.2 Å². The predicted octanol–water partition coefficient (Wildman–Crippen LogP) is 5.29. The number of aliphatic carboxylic acids is 1. The minimum atomic E-state index is -1.11. The number of anilines is 1. The molecule has 0 radical (unpaired) electrons. The second kappa shape index (κ2) is 12.3. The van der Waals surface area contributed by atoms with Crippen molar-refractivity contribution in [1.82, 2.24) is 14.7 Å². The molecular formula is C30H29N5O3S. The number of rotatable bonds is 10. The summed E-state index contributed by atoms with van der Waals surface area (Å²) in [4.78, 5) is 30.4. The zero-order chi connectivity index (χ0) is 27.9. The quantitative estimate of drug-likeness (QED) is 0.250. The van der Waals surface area contributed by atoms with Crippen molar-refractivity contribution >= 4 is 29.2 Å². The summed E-state index contributed by atoms with van der Waals surface area (Å²) in [5, 5.41) is 25.0. The molecular weight excluding hydrogens is 510 g/mol. The summed E-state index contributed by atoms with van der Waals surface area (Å²) >= 11 is 1.40. The van der Waals surface area contributed by atoms with Crippen LogP contribution in [0.1, 0.15) is 50.8 Å². The molecule has 39 heavy (non-hydrogen) atoms. The molecule has 4 aromatic rings. The number of nitriles is 1. The van der Waals surface area contributed by atoms with Gasteiger partial charge in [0.2, 0.25) is 0 Å². The normalized spacial score (nSPS) is 11.4. The Hall–Kier alpha value is -4.55. The Morgan fingerprint density at radius 3 is 2.54 bits per heavy atom. The minimum absolute atomic E-state index is 0.138. The van der Waals surface area contributed by atoms with Crippen molar-refractivity contribution in [3.8, 4) is 16.5 Å². The van der Waals surface area contributed by atoms with E-state index < -0.39 is 17.9 Å². The average Bonchev–Trinajstić information content (AvgIpc) is 3.40. The number of nitrogens with one attached hydrogen (secondary N) is 2. The van der Waals surface area contributed by atoms with Crippen LogP contribution in [-0.2, 0) is 24.2 Å². The summed E-state index contributed by atoms with van der Waals surface area (Å²) in [6.45, 7) is 6.22. The predicted molar refractivity (Wildman–Crippen MR) is 152 cm³/mol. The number of amides is 1. The van der Waals surface area contributed by atoms with E-state index in [9.17, 15) is 20.0 Å². The number of aryl methyl sites for hydroxylation is 3. The molecule has 4 rings (SSSR count). The second-order valence-electron chi connectivity index (χ2n) is 9.31. The van der Waals surface area contributed by atoms with Crippen LogP contribution in [0.25, 0.3) is 10.4 Å². The fourth-order valence-corrected chi connectivity index (χ4v) is 5.11. The number of hydrogen-bond donors (Lipinski definition) is 3. The fraction of sp³-hybridized carbons (Fsp3) is 0.233. The highest BCUT2D eigenvalue weighted by Gasteiger charge is 2.24. The van der Waals surface area contributed by atoms with Crippen LogP contribution < -0.4 is 10.6 Å². The molecule has 0 aliphatic heterocycles. The summed E-state index contributed by atoms with van der Waals surface area (Å²) in [5.74, 6) is -0.766. The van der Waals surface area contributed by atoms with Crippen LogP contribution in [0, 0.1) is 25.2 Å². The highest BCUT2D eigenvalue weighted by molar-refractivity contribution is 7.09. The molecule has 8 nitrogen and oxygen atoms in total. The number of carbonyl (C=O) groups excluding carboxylic acids is 1. The first-order valence-corrected chi connectivity index (χ1v) is 13.3. The van der Waals surface area contributed by atoms with E-state index in [1.165, 1.54) is 11.5 Å². The molecule has 0 saturated heterocycles. The third-order valence-corrected chi connectivity index (χ3v) is 7.24. The minimum Gasteiger partial charge on any atom is -0.480 e. The molecule has 2 heterocycles. The molecule has 9 heteroatoms. The topological polar surface area (TPSA) is 128 Å². The second-order valence-corrected chi connectivity index (χ2v) is 10.1. The van der Waals surface area contributed by atoms with Crippen molar-refractivity contribution in [2.24, 2.45) is 0 Å². The Kier molecular flexibility index (Phi) is 8.69. The molecule has 2 aromatic carbocycles. The monoisotopic (exact) mass is 539 g/mol. The Bertz CT molecular complexity index is 1540. The van der Waals surface area contributed by atoms with Gasteiger partial charge in [0.1, 0.15) is 11.9 Å². The van der Waals surface area contributed by atoms with E-state index in [1.54, 1.807) is 25.3 Å². The number of nitrogens with zero attached hydrogens (tertiary/aromatic N) is 3. The highest BCUT2D eigenvalue weighted by Crippen LogP contribution is 2.26. The first kappa shape index (κ1) is 27.5. The lowest BCUT2D eigenvalue weighted by atomic mass is 9.95. The molecule has 198 valence electrons. The summed E-state index contributed by atoms with van der Waals surface area (Å²) in [6.07, 6.45) is 2.46. The van der Waals surface area contributed by atoms with Gasteiger partial charge in [-0.3, -0.25) is 4.79 Å². The van der Waals surface area contributed by atoms with Crippen molar-refractivity contribution in [1.29, 1.82) is 5.26 Å². The molecule has 0 fully saturated rings. The summed E-state index contributed by atoms with van der Waals surface area (Å²) in [7, 11) is 0. The highest BCUT2D eigenvalue weighted by atomic mass is 32.1. The summed E-state index contributed by atoms with van der Waals surface area (Å²) in [6, 6.07) is 17.9. The molecule has 0 aliphatic rings. The lowest BCUT2D eigenvalue weighted by molar-refractivity contribution is -0.139. The van der Waals surface area contributed by atoms with Crippen LogP contribution in [0.2, 0.25) is 0 Å². The van der Waals surface area contributed by atoms with Gasteiger partial charge in [-0.05, 0) is 89.9 Å². The van der Waals surface area contributed by atoms with Crippen molar-refractivity contribution < 1.29 is 14.7 Å². The van der Waals surface area contributed by atoms with Gasteiger partial charge in [0.15, 0.2) is 0 Å². The Morgan fingerprint density at radius 2 is 1.87 bits per heavy atom. The lowest BCUT2D eigenvalue weighted by Gasteiger charge is -2.18. The van der Waals surface area contributed by atoms with Crippen LogP contribution in [0.15, 0.2) is 60.8 Å². The van der Waals surface area contributed by atoms with Crippen molar-refractivity contribution in [2.45, 2.75) is 46.2 Å². The number of hydrogen-bond acceptors (Lipinski definition) is 7. The third-order valence-electron chi connectivity index (χ3n) is 6.36. The zero-order valence-electron chi connectivity index (χ0n) is 22.0. The SMILES string of the molecule is CCc1cc(C#N)cc(C)c1C(=O)NC(Cc1ccc(-c2cc(CNc3cc(C)ccn3)ns2)cc1)C(=O)O. The Balaban J connectivity index is 1.42. The maximum absolute atomic E-state index is 13.1. The third kappa shape index (κ3) is 6.86. The van der Waals surface area contributed by atoms with E-state index in [1.807, 2.05) is 56.3 Å². The molecule has 0 spiro atoms. The smallest absolute Gasteiger partial charge is 0.326 e. The van der Waals surface area contributed by atoms with Gasteiger partial charge in [-0.2, -0.15) is 9.64 Å². The van der Waals surface area contributed by atoms with Gasteiger partial charge in [-0.15, -0.1) is 0 Å². The van der Waals surface area contributed by atoms with Crippen LogP contribution >= 0.6 is 11.5 Å². The van der Waals surface area contributed by atoms with Gasteiger partial charge in [0, 0.05) is 18.2 Å². The number of pyridine rings is 1. The zero-order valence-corrected chi connectivity index (χ0v) is 22.8. The summed E-state index contributed by atoms with van der Waals surface area (Å²) in [5.41, 5.74) is 6.06. The first-order chi connectivity index (χ1) is 18.8. The van der Waals surface area contributed by atoms with Gasteiger partial charge in [-0.25, -0.2) is 9.78 Å². The number of carboxylic acid groups (broad SMARTS) is 1. The summed E-state index contributed by atoms with van der Waals surface area (Å²) < 4.78 is 4.53. The fourth-order valence-electron chi connectivity index (χ4n) is 4.34. The van der Waals surface area contributed by atoms with E-state index >= 15 is 0 Å². The van der Waals surface area contributed by atoms with E-state index in [-0.39, 0.29) is 6.42 Å². The van der Waals surface area contributed by atoms with E-state index in [0.717, 1.165) is 33.1 Å². The number of carboxylic acids is 1. The Morgan fingerprint density at radius 1 is 1.10 bits per heavy atom. The van der Waals surface area contributed by atoms with Crippen LogP contribution in [0.5, 0.6) is 0 Å². The van der Waals surface area contributed by atoms with Crippen LogP contribution in [0.4, 0.5) is 5.82 Å². The molecule has 0 saturated carbocycles. The average molecular weight is 540 g/mol. The molecule has 1 amide bonds. The van der Waals surface area contributed by atoms with Gasteiger partial charge in [0.25, 0.3) is 5.91 Å². The van der Waals surface area contributed by atoms with Gasteiger partial charge < -0.3 is 15.7 Å². The number of aromatic nitrogens is 2.